The highest BCUT2D eigenvalue weighted by Gasteiger charge is 2.24. The van der Waals surface area contributed by atoms with Gasteiger partial charge in [0.2, 0.25) is 0 Å². The van der Waals surface area contributed by atoms with Crippen molar-refractivity contribution in [1.29, 1.82) is 0 Å². The minimum atomic E-state index is -0.630. The van der Waals surface area contributed by atoms with Gasteiger partial charge in [-0.2, -0.15) is 0 Å². The molecular formula is C10H13ClN4O4. The zero-order valence-electron chi connectivity index (χ0n) is 9.94. The number of hydrogen-bond acceptors (Lipinski definition) is 6. The Bertz CT molecular complexity index is 490. The van der Waals surface area contributed by atoms with Crippen LogP contribution in [0.15, 0.2) is 18.2 Å². The van der Waals surface area contributed by atoms with Gasteiger partial charge in [-0.05, 0) is 6.07 Å². The lowest BCUT2D eigenvalue weighted by Gasteiger charge is -2.28. The van der Waals surface area contributed by atoms with Crippen molar-refractivity contribution in [1.82, 2.24) is 5.32 Å². The Morgan fingerprint density at radius 3 is 2.26 bits per heavy atom. The summed E-state index contributed by atoms with van der Waals surface area (Å²) in [6.07, 6.45) is 0. The van der Waals surface area contributed by atoms with Crippen LogP contribution >= 0.6 is 12.4 Å². The summed E-state index contributed by atoms with van der Waals surface area (Å²) in [5.41, 5.74) is -0.0428. The summed E-state index contributed by atoms with van der Waals surface area (Å²) in [5, 5.41) is 24.7. The van der Waals surface area contributed by atoms with Gasteiger partial charge in [0.1, 0.15) is 5.69 Å². The number of anilines is 1. The highest BCUT2D eigenvalue weighted by molar-refractivity contribution is 5.85. The van der Waals surface area contributed by atoms with E-state index in [4.69, 9.17) is 0 Å². The van der Waals surface area contributed by atoms with Gasteiger partial charge in [-0.1, -0.05) is 0 Å². The quantitative estimate of drug-likeness (QED) is 0.665. The van der Waals surface area contributed by atoms with E-state index < -0.39 is 9.85 Å². The zero-order chi connectivity index (χ0) is 13.1. The smallest absolute Gasteiger partial charge is 0.299 e. The van der Waals surface area contributed by atoms with Crippen molar-refractivity contribution >= 4 is 29.5 Å². The van der Waals surface area contributed by atoms with E-state index in [1.54, 1.807) is 0 Å². The van der Waals surface area contributed by atoms with E-state index >= 15 is 0 Å². The number of hydrogen-bond donors (Lipinski definition) is 1. The maximum absolute atomic E-state index is 11.0. The van der Waals surface area contributed by atoms with Crippen molar-refractivity contribution in [2.45, 2.75) is 0 Å². The van der Waals surface area contributed by atoms with E-state index in [9.17, 15) is 20.2 Å². The van der Waals surface area contributed by atoms with Gasteiger partial charge < -0.3 is 10.2 Å². The zero-order valence-corrected chi connectivity index (χ0v) is 10.8. The Balaban J connectivity index is 0.00000180. The number of non-ortho nitro benzene ring substituents is 1. The summed E-state index contributed by atoms with van der Waals surface area (Å²) >= 11 is 0. The minimum Gasteiger partial charge on any atom is -0.363 e. The van der Waals surface area contributed by atoms with E-state index in [0.29, 0.717) is 18.8 Å². The third kappa shape index (κ3) is 3.30. The van der Waals surface area contributed by atoms with Gasteiger partial charge in [0.05, 0.1) is 15.9 Å². The molecule has 1 aromatic carbocycles. The van der Waals surface area contributed by atoms with Crippen LogP contribution in [0.25, 0.3) is 0 Å². The molecule has 1 aliphatic rings. The summed E-state index contributed by atoms with van der Waals surface area (Å²) in [4.78, 5) is 22.3. The summed E-state index contributed by atoms with van der Waals surface area (Å²) in [7, 11) is 0. The molecule has 0 atom stereocenters. The first kappa shape index (κ1) is 15.1. The minimum absolute atomic E-state index is 0. The Morgan fingerprint density at radius 1 is 1.11 bits per heavy atom. The number of nitrogens with zero attached hydrogens (tertiary/aromatic N) is 3. The molecule has 0 spiro atoms. The Labute approximate surface area is 115 Å². The average molecular weight is 289 g/mol. The molecule has 19 heavy (non-hydrogen) atoms. The molecule has 0 amide bonds. The third-order valence-corrected chi connectivity index (χ3v) is 2.82. The lowest BCUT2D eigenvalue weighted by atomic mass is 10.2. The molecule has 1 fully saturated rings. The first-order chi connectivity index (χ1) is 8.59. The third-order valence-electron chi connectivity index (χ3n) is 2.82. The molecule has 0 radical (unpaired) electrons. The number of halogens is 1. The van der Waals surface area contributed by atoms with Crippen LogP contribution in [0.3, 0.4) is 0 Å². The van der Waals surface area contributed by atoms with E-state index in [1.807, 2.05) is 4.90 Å². The number of benzene rings is 1. The maximum Gasteiger partial charge on any atom is 0.299 e. The SMILES string of the molecule is Cl.O=[N+]([O-])c1ccc(N2CCNCC2)c([N+](=O)[O-])c1. The number of nitro groups is 2. The van der Waals surface area contributed by atoms with Crippen molar-refractivity contribution in [3.8, 4) is 0 Å². The first-order valence-corrected chi connectivity index (χ1v) is 5.48. The predicted octanol–water partition coefficient (Wildman–Crippen LogP) is 1.33. The van der Waals surface area contributed by atoms with Gasteiger partial charge in [-0.15, -0.1) is 12.4 Å². The van der Waals surface area contributed by atoms with Crippen LogP contribution in [-0.2, 0) is 0 Å². The van der Waals surface area contributed by atoms with E-state index in [0.717, 1.165) is 19.2 Å². The molecule has 104 valence electrons. The van der Waals surface area contributed by atoms with Crippen LogP contribution in [0, 0.1) is 20.2 Å². The molecule has 1 aliphatic heterocycles. The highest BCUT2D eigenvalue weighted by Crippen LogP contribution is 2.31. The number of nitro benzene ring substituents is 2. The van der Waals surface area contributed by atoms with Gasteiger partial charge in [-0.3, -0.25) is 20.2 Å². The molecule has 1 N–H and O–H groups in total. The highest BCUT2D eigenvalue weighted by atomic mass is 35.5. The van der Waals surface area contributed by atoms with Crippen molar-refractivity contribution < 1.29 is 9.85 Å². The Hall–Kier alpha value is -1.93. The van der Waals surface area contributed by atoms with Crippen LogP contribution in [0.1, 0.15) is 0 Å². The molecule has 1 saturated heterocycles. The van der Waals surface area contributed by atoms with Crippen molar-refractivity contribution in [3.05, 3.63) is 38.4 Å². The van der Waals surface area contributed by atoms with Crippen LogP contribution in [-0.4, -0.2) is 36.0 Å². The molecule has 0 bridgehead atoms. The van der Waals surface area contributed by atoms with Gasteiger partial charge in [0, 0.05) is 32.2 Å². The van der Waals surface area contributed by atoms with Gasteiger partial charge in [-0.25, -0.2) is 0 Å². The molecule has 0 saturated carbocycles. The average Bonchev–Trinajstić information content (AvgIpc) is 2.39. The summed E-state index contributed by atoms with van der Waals surface area (Å²) in [6.45, 7) is 2.79. The molecule has 8 nitrogen and oxygen atoms in total. The first-order valence-electron chi connectivity index (χ1n) is 5.48. The van der Waals surface area contributed by atoms with Crippen molar-refractivity contribution in [3.63, 3.8) is 0 Å². The van der Waals surface area contributed by atoms with Crippen molar-refractivity contribution in [2.24, 2.45) is 0 Å². The van der Waals surface area contributed by atoms with Gasteiger partial charge >= 0.3 is 0 Å². The van der Waals surface area contributed by atoms with E-state index in [-0.39, 0.29) is 23.8 Å². The fourth-order valence-electron chi connectivity index (χ4n) is 1.94. The summed E-state index contributed by atoms with van der Waals surface area (Å²) < 4.78 is 0. The summed E-state index contributed by atoms with van der Waals surface area (Å²) in [5.74, 6) is 0. The Morgan fingerprint density at radius 2 is 1.74 bits per heavy atom. The monoisotopic (exact) mass is 288 g/mol. The predicted molar refractivity (Wildman–Crippen MR) is 72.1 cm³/mol. The number of rotatable bonds is 3. The van der Waals surface area contributed by atoms with E-state index in [1.165, 1.54) is 12.1 Å². The number of piperazine rings is 1. The van der Waals surface area contributed by atoms with Gasteiger partial charge in [0.15, 0.2) is 0 Å². The fraction of sp³-hybridized carbons (Fsp3) is 0.400. The second kappa shape index (κ2) is 6.30. The normalized spacial score (nSPS) is 14.6. The van der Waals surface area contributed by atoms with Crippen LogP contribution in [0.2, 0.25) is 0 Å². The standard InChI is InChI=1S/C10H12N4O4.ClH/c15-13(16)8-1-2-9(10(7-8)14(17)18)12-5-3-11-4-6-12;/h1-2,7,11H,3-6H2;1H. The molecule has 9 heteroatoms. The molecule has 1 heterocycles. The molecule has 2 rings (SSSR count). The topological polar surface area (TPSA) is 102 Å². The largest absolute Gasteiger partial charge is 0.363 e. The lowest BCUT2D eigenvalue weighted by molar-refractivity contribution is -0.393. The van der Waals surface area contributed by atoms with Crippen LogP contribution < -0.4 is 10.2 Å². The Kier molecular flexibility index (Phi) is 5.02. The molecule has 0 unspecified atom stereocenters. The second-order valence-electron chi connectivity index (χ2n) is 3.92. The van der Waals surface area contributed by atoms with E-state index in [2.05, 4.69) is 5.32 Å². The van der Waals surface area contributed by atoms with Crippen LogP contribution in [0.5, 0.6) is 0 Å². The molecule has 1 aromatic rings. The summed E-state index contributed by atoms with van der Waals surface area (Å²) in [6, 6.07) is 3.75. The van der Waals surface area contributed by atoms with Crippen molar-refractivity contribution in [2.75, 3.05) is 31.1 Å². The fourth-order valence-corrected chi connectivity index (χ4v) is 1.94. The molecular weight excluding hydrogens is 276 g/mol. The maximum atomic E-state index is 11.0. The molecule has 0 aliphatic carbocycles. The second-order valence-corrected chi connectivity index (χ2v) is 3.92. The number of nitrogens with one attached hydrogen (secondary N) is 1. The van der Waals surface area contributed by atoms with Gasteiger partial charge in [0.25, 0.3) is 11.4 Å². The van der Waals surface area contributed by atoms with Crippen LogP contribution in [0.4, 0.5) is 17.1 Å². The lowest BCUT2D eigenvalue weighted by Crippen LogP contribution is -2.43. The molecule has 0 aromatic heterocycles.